The zero-order chi connectivity index (χ0) is 7.28. The maximum Gasteiger partial charge on any atom is 0.0253 e. The highest BCUT2D eigenvalue weighted by Crippen LogP contribution is 2.18. The molecule has 0 spiro atoms. The Kier molecular flexibility index (Phi) is 7.16. The summed E-state index contributed by atoms with van der Waals surface area (Å²) in [4.78, 5) is 1.28. The SMILES string of the molecule is CCC(Br)CC(Br)CBr. The van der Waals surface area contributed by atoms with Crippen LogP contribution in [0.4, 0.5) is 0 Å². The third-order valence-electron chi connectivity index (χ3n) is 1.12. The van der Waals surface area contributed by atoms with E-state index < -0.39 is 0 Å². The molecule has 0 saturated carbocycles. The van der Waals surface area contributed by atoms with Gasteiger partial charge in [-0.2, -0.15) is 0 Å². The second-order valence-electron chi connectivity index (χ2n) is 1.99. The highest BCUT2D eigenvalue weighted by atomic mass is 79.9. The third kappa shape index (κ3) is 5.86. The summed E-state index contributed by atoms with van der Waals surface area (Å²) in [6.45, 7) is 2.19. The maximum atomic E-state index is 3.57. The lowest BCUT2D eigenvalue weighted by Gasteiger charge is -2.09. The number of rotatable bonds is 4. The van der Waals surface area contributed by atoms with Gasteiger partial charge in [0.1, 0.15) is 0 Å². The van der Waals surface area contributed by atoms with Crippen LogP contribution in [-0.4, -0.2) is 15.0 Å². The molecule has 0 aliphatic rings. The van der Waals surface area contributed by atoms with Gasteiger partial charge in [-0.1, -0.05) is 54.7 Å². The van der Waals surface area contributed by atoms with Crippen LogP contribution in [0, 0.1) is 0 Å². The predicted octanol–water partition coefficient (Wildman–Crippen LogP) is 3.71. The van der Waals surface area contributed by atoms with Gasteiger partial charge in [-0.05, 0) is 12.8 Å². The monoisotopic (exact) mass is 320 g/mol. The summed E-state index contributed by atoms with van der Waals surface area (Å²) in [5.41, 5.74) is 0. The van der Waals surface area contributed by atoms with Crippen LogP contribution < -0.4 is 0 Å². The maximum absolute atomic E-state index is 3.57. The van der Waals surface area contributed by atoms with Crippen molar-refractivity contribution in [3.63, 3.8) is 0 Å². The van der Waals surface area contributed by atoms with Gasteiger partial charge in [0, 0.05) is 15.0 Å². The molecular weight excluding hydrogens is 312 g/mol. The molecule has 0 nitrogen and oxygen atoms in total. The molecule has 56 valence electrons. The number of hydrogen-bond donors (Lipinski definition) is 0. The summed E-state index contributed by atoms with van der Waals surface area (Å²) < 4.78 is 0. The first-order valence-corrected chi connectivity index (χ1v) is 6.00. The molecule has 0 radical (unpaired) electrons. The van der Waals surface area contributed by atoms with Crippen molar-refractivity contribution >= 4 is 47.8 Å². The largest absolute Gasteiger partial charge is 0.0916 e. The molecule has 0 rings (SSSR count). The highest BCUT2D eigenvalue weighted by molar-refractivity contribution is 9.12. The quantitative estimate of drug-likeness (QED) is 0.692. The van der Waals surface area contributed by atoms with Crippen LogP contribution in [0.15, 0.2) is 0 Å². The Hall–Kier alpha value is 1.44. The van der Waals surface area contributed by atoms with E-state index in [4.69, 9.17) is 0 Å². The number of halogens is 3. The van der Waals surface area contributed by atoms with Crippen molar-refractivity contribution in [1.82, 2.24) is 0 Å². The molecule has 2 atom stereocenters. The van der Waals surface area contributed by atoms with E-state index in [0.29, 0.717) is 9.65 Å². The fourth-order valence-electron chi connectivity index (χ4n) is 0.507. The Morgan fingerprint density at radius 3 is 2.11 bits per heavy atom. The van der Waals surface area contributed by atoms with Crippen molar-refractivity contribution < 1.29 is 0 Å². The van der Waals surface area contributed by atoms with E-state index in [1.165, 1.54) is 12.8 Å². The van der Waals surface area contributed by atoms with Crippen molar-refractivity contribution in [1.29, 1.82) is 0 Å². The molecule has 0 saturated heterocycles. The Morgan fingerprint density at radius 2 is 1.78 bits per heavy atom. The van der Waals surface area contributed by atoms with Gasteiger partial charge in [0.25, 0.3) is 0 Å². The molecule has 0 amide bonds. The average molecular weight is 323 g/mol. The third-order valence-corrected chi connectivity index (χ3v) is 4.49. The van der Waals surface area contributed by atoms with Gasteiger partial charge in [-0.15, -0.1) is 0 Å². The minimum absolute atomic E-state index is 0.613. The second kappa shape index (κ2) is 6.17. The first-order valence-electron chi connectivity index (χ1n) is 3.04. The topological polar surface area (TPSA) is 0 Å². The molecule has 0 fully saturated rings. The molecule has 9 heavy (non-hydrogen) atoms. The average Bonchev–Trinajstić information content (AvgIpc) is 1.87. The van der Waals surface area contributed by atoms with Crippen molar-refractivity contribution in [2.45, 2.75) is 29.4 Å². The first-order chi connectivity index (χ1) is 4.20. The summed E-state index contributed by atoms with van der Waals surface area (Å²) >= 11 is 10.5. The summed E-state index contributed by atoms with van der Waals surface area (Å²) in [5, 5.41) is 1.04. The van der Waals surface area contributed by atoms with Crippen LogP contribution >= 0.6 is 47.8 Å². The Balaban J connectivity index is 3.22. The highest BCUT2D eigenvalue weighted by Gasteiger charge is 2.07. The molecule has 0 aromatic carbocycles. The zero-order valence-electron chi connectivity index (χ0n) is 5.41. The summed E-state index contributed by atoms with van der Waals surface area (Å²) in [5.74, 6) is 0. The molecule has 0 aromatic heterocycles. The normalized spacial score (nSPS) is 17.3. The summed E-state index contributed by atoms with van der Waals surface area (Å²) in [7, 11) is 0. The standard InChI is InChI=1S/C6H11Br3/c1-2-5(8)3-6(9)4-7/h5-6H,2-4H2,1H3. The van der Waals surface area contributed by atoms with Gasteiger partial charge >= 0.3 is 0 Å². The lowest BCUT2D eigenvalue weighted by molar-refractivity contribution is 0.754. The van der Waals surface area contributed by atoms with Crippen LogP contribution in [0.2, 0.25) is 0 Å². The number of alkyl halides is 3. The molecule has 2 unspecified atom stereocenters. The van der Waals surface area contributed by atoms with E-state index in [2.05, 4.69) is 54.7 Å². The van der Waals surface area contributed by atoms with Crippen LogP contribution in [0.3, 0.4) is 0 Å². The zero-order valence-corrected chi connectivity index (χ0v) is 10.2. The molecule has 0 aromatic rings. The van der Waals surface area contributed by atoms with E-state index in [9.17, 15) is 0 Å². The molecule has 0 aliphatic heterocycles. The lowest BCUT2D eigenvalue weighted by atomic mass is 10.2. The van der Waals surface area contributed by atoms with E-state index in [1.54, 1.807) is 0 Å². The lowest BCUT2D eigenvalue weighted by Crippen LogP contribution is -2.07. The van der Waals surface area contributed by atoms with Crippen LogP contribution in [0.1, 0.15) is 19.8 Å². The molecule has 3 heteroatoms. The van der Waals surface area contributed by atoms with Gasteiger partial charge in [0.15, 0.2) is 0 Å². The molecule has 0 bridgehead atoms. The number of hydrogen-bond acceptors (Lipinski definition) is 0. The van der Waals surface area contributed by atoms with Crippen molar-refractivity contribution in [3.8, 4) is 0 Å². The van der Waals surface area contributed by atoms with E-state index in [-0.39, 0.29) is 0 Å². The second-order valence-corrected chi connectivity index (χ2v) is 5.23. The summed E-state index contributed by atoms with van der Waals surface area (Å²) in [6.07, 6.45) is 2.40. The van der Waals surface area contributed by atoms with Crippen molar-refractivity contribution in [2.24, 2.45) is 0 Å². The van der Waals surface area contributed by atoms with Crippen LogP contribution in [-0.2, 0) is 0 Å². The van der Waals surface area contributed by atoms with E-state index in [1.807, 2.05) is 0 Å². The fourth-order valence-corrected chi connectivity index (χ4v) is 2.18. The van der Waals surface area contributed by atoms with E-state index in [0.717, 1.165) is 5.33 Å². The van der Waals surface area contributed by atoms with Gasteiger partial charge < -0.3 is 0 Å². The van der Waals surface area contributed by atoms with Gasteiger partial charge in [-0.25, -0.2) is 0 Å². The predicted molar refractivity (Wildman–Crippen MR) is 54.1 cm³/mol. The van der Waals surface area contributed by atoms with Crippen LogP contribution in [0.5, 0.6) is 0 Å². The summed E-state index contributed by atoms with van der Waals surface area (Å²) in [6, 6.07) is 0. The Labute approximate surface area is 82.2 Å². The molecule has 0 aliphatic carbocycles. The van der Waals surface area contributed by atoms with E-state index >= 15 is 0 Å². The Bertz CT molecular complexity index is 57.3. The molecule has 0 heterocycles. The fraction of sp³-hybridized carbons (Fsp3) is 1.00. The van der Waals surface area contributed by atoms with Crippen LogP contribution in [0.25, 0.3) is 0 Å². The first kappa shape index (κ1) is 10.4. The molecular formula is C6H11Br3. The minimum atomic E-state index is 0.613. The minimum Gasteiger partial charge on any atom is -0.0916 e. The smallest absolute Gasteiger partial charge is 0.0253 e. The van der Waals surface area contributed by atoms with Gasteiger partial charge in [0.05, 0.1) is 0 Å². The van der Waals surface area contributed by atoms with Crippen molar-refractivity contribution in [2.75, 3.05) is 5.33 Å². The van der Waals surface area contributed by atoms with Gasteiger partial charge in [0.2, 0.25) is 0 Å². The van der Waals surface area contributed by atoms with Gasteiger partial charge in [-0.3, -0.25) is 0 Å². The molecule has 0 N–H and O–H groups in total. The Morgan fingerprint density at radius 1 is 1.22 bits per heavy atom. The van der Waals surface area contributed by atoms with Crippen molar-refractivity contribution in [3.05, 3.63) is 0 Å².